The average molecular weight is 152 g/mol. The third-order valence-electron chi connectivity index (χ3n) is 1.21. The zero-order valence-corrected chi connectivity index (χ0v) is 6.36. The molecule has 2 heterocycles. The van der Waals surface area contributed by atoms with Gasteiger partial charge in [0.15, 0.2) is 0 Å². The van der Waals surface area contributed by atoms with Gasteiger partial charge in [0.25, 0.3) is 0 Å². The smallest absolute Gasteiger partial charge is 0.0488 e. The molecule has 1 saturated heterocycles. The lowest BCUT2D eigenvalue weighted by Crippen LogP contribution is -2.09. The number of nitrogens with zero attached hydrogens (tertiary/aromatic N) is 1. The minimum atomic E-state index is 1.00. The number of hydrazone groups is 1. The quantitative estimate of drug-likeness (QED) is 0.563. The van der Waals surface area contributed by atoms with E-state index in [1.807, 2.05) is 18.2 Å². The Morgan fingerprint density at radius 2 is 1.91 bits per heavy atom. The molecule has 0 amide bonds. The van der Waals surface area contributed by atoms with Gasteiger partial charge in [0.05, 0.1) is 0 Å². The second kappa shape index (κ2) is 5.68. The van der Waals surface area contributed by atoms with E-state index in [9.17, 15) is 0 Å². The van der Waals surface area contributed by atoms with Gasteiger partial charge in [-0.1, -0.05) is 6.08 Å². The Morgan fingerprint density at radius 1 is 1.18 bits per heavy atom. The van der Waals surface area contributed by atoms with Crippen molar-refractivity contribution in [2.24, 2.45) is 5.10 Å². The molecule has 1 fully saturated rings. The Kier molecular flexibility index (Phi) is 4.13. The molecule has 0 aliphatic carbocycles. The van der Waals surface area contributed by atoms with E-state index in [1.54, 1.807) is 12.4 Å². The topological polar surface area (TPSA) is 33.6 Å². The van der Waals surface area contributed by atoms with Gasteiger partial charge in [0, 0.05) is 25.6 Å². The fraction of sp³-hybridized carbons (Fsp3) is 0.375. The van der Waals surface area contributed by atoms with Gasteiger partial charge >= 0.3 is 0 Å². The molecule has 2 rings (SSSR count). The molecular weight excluding hydrogens is 140 g/mol. The van der Waals surface area contributed by atoms with E-state index in [-0.39, 0.29) is 0 Å². The lowest BCUT2D eigenvalue weighted by molar-refractivity contribution is 0.0367. The van der Waals surface area contributed by atoms with Crippen molar-refractivity contribution in [2.45, 2.75) is 6.42 Å². The van der Waals surface area contributed by atoms with Crippen molar-refractivity contribution in [3.63, 3.8) is 0 Å². The van der Waals surface area contributed by atoms with Gasteiger partial charge in [-0.2, -0.15) is 5.10 Å². The maximum atomic E-state index is 4.72. The van der Waals surface area contributed by atoms with Gasteiger partial charge in [-0.25, -0.2) is 0 Å². The van der Waals surface area contributed by atoms with Crippen LogP contribution in [0.4, 0.5) is 0 Å². The molecule has 11 heavy (non-hydrogen) atoms. The Labute approximate surface area is 66.4 Å². The Balaban J connectivity index is 0.000000128. The van der Waals surface area contributed by atoms with Crippen LogP contribution in [0.2, 0.25) is 0 Å². The molecule has 3 nitrogen and oxygen atoms in total. The van der Waals surface area contributed by atoms with Crippen LogP contribution >= 0.6 is 0 Å². The highest BCUT2D eigenvalue weighted by molar-refractivity contribution is 5.71. The predicted molar refractivity (Wildman–Crippen MR) is 45.3 cm³/mol. The standard InChI is InChI=1S/C5H6N2.C3H6O/c1-2-4-6-7-5-3-1;1-2-4-3-1/h1-6H;1-3H2. The summed E-state index contributed by atoms with van der Waals surface area (Å²) in [6, 6.07) is 0. The Hall–Kier alpha value is -1.09. The fourth-order valence-corrected chi connectivity index (χ4v) is 0.486. The molecule has 0 radical (unpaired) electrons. The predicted octanol–water partition coefficient (Wildman–Crippen LogP) is 1.05. The van der Waals surface area contributed by atoms with Crippen LogP contribution in [-0.4, -0.2) is 19.4 Å². The van der Waals surface area contributed by atoms with Crippen molar-refractivity contribution in [1.29, 1.82) is 0 Å². The molecule has 0 saturated carbocycles. The first-order chi connectivity index (χ1) is 5.50. The second-order valence-electron chi connectivity index (χ2n) is 2.12. The largest absolute Gasteiger partial charge is 0.381 e. The van der Waals surface area contributed by atoms with Crippen LogP contribution in [0.25, 0.3) is 0 Å². The summed E-state index contributed by atoms with van der Waals surface area (Å²) in [6.45, 7) is 2.00. The van der Waals surface area contributed by atoms with Gasteiger partial charge in [-0.3, -0.25) is 5.43 Å². The molecule has 0 bridgehead atoms. The molecule has 3 heteroatoms. The van der Waals surface area contributed by atoms with E-state index in [2.05, 4.69) is 10.5 Å². The third-order valence-corrected chi connectivity index (χ3v) is 1.21. The third kappa shape index (κ3) is 4.33. The van der Waals surface area contributed by atoms with E-state index in [1.165, 1.54) is 6.42 Å². The van der Waals surface area contributed by atoms with Gasteiger partial charge in [0.2, 0.25) is 0 Å². The Bertz CT molecular complexity index is 151. The summed E-state index contributed by atoms with van der Waals surface area (Å²) in [5.41, 5.74) is 2.67. The normalized spacial score (nSPS) is 18.9. The van der Waals surface area contributed by atoms with Crippen LogP contribution in [-0.2, 0) is 4.74 Å². The molecule has 0 unspecified atom stereocenters. The number of hydrogen-bond acceptors (Lipinski definition) is 3. The number of rotatable bonds is 0. The summed E-state index contributed by atoms with van der Waals surface area (Å²) >= 11 is 0. The van der Waals surface area contributed by atoms with Gasteiger partial charge in [-0.15, -0.1) is 0 Å². The SMILES string of the molecule is C1=CC=NNC=C1.C1COC1. The molecule has 0 spiro atoms. The minimum absolute atomic E-state index is 1.00. The van der Waals surface area contributed by atoms with E-state index >= 15 is 0 Å². The van der Waals surface area contributed by atoms with Crippen LogP contribution in [0.3, 0.4) is 0 Å². The van der Waals surface area contributed by atoms with Crippen molar-refractivity contribution in [3.8, 4) is 0 Å². The molecule has 0 aromatic rings. The molecule has 60 valence electrons. The molecule has 2 aliphatic rings. The summed E-state index contributed by atoms with van der Waals surface area (Å²) < 4.78 is 4.72. The van der Waals surface area contributed by atoms with Crippen molar-refractivity contribution in [2.75, 3.05) is 13.2 Å². The van der Waals surface area contributed by atoms with Crippen LogP contribution in [0.1, 0.15) is 6.42 Å². The number of ether oxygens (including phenoxy) is 1. The van der Waals surface area contributed by atoms with Crippen LogP contribution in [0.15, 0.2) is 29.5 Å². The molecule has 2 aliphatic heterocycles. The first-order valence-electron chi connectivity index (χ1n) is 3.68. The lowest BCUT2D eigenvalue weighted by atomic mass is 10.4. The first kappa shape index (κ1) is 8.01. The minimum Gasteiger partial charge on any atom is -0.381 e. The first-order valence-corrected chi connectivity index (χ1v) is 3.68. The van der Waals surface area contributed by atoms with Gasteiger partial charge < -0.3 is 4.74 Å². The van der Waals surface area contributed by atoms with Gasteiger partial charge in [0.1, 0.15) is 0 Å². The molecular formula is C8H12N2O. The second-order valence-corrected chi connectivity index (χ2v) is 2.12. The molecule has 0 aromatic heterocycles. The highest BCUT2D eigenvalue weighted by atomic mass is 16.5. The Morgan fingerprint density at radius 3 is 2.55 bits per heavy atom. The summed E-state index contributed by atoms with van der Waals surface area (Å²) in [7, 11) is 0. The highest BCUT2D eigenvalue weighted by Crippen LogP contribution is 1.93. The zero-order chi connectivity index (χ0) is 7.78. The van der Waals surface area contributed by atoms with Crippen LogP contribution in [0.5, 0.6) is 0 Å². The van der Waals surface area contributed by atoms with E-state index in [0.717, 1.165) is 13.2 Å². The maximum absolute atomic E-state index is 4.72. The van der Waals surface area contributed by atoms with Crippen molar-refractivity contribution in [3.05, 3.63) is 24.4 Å². The fourth-order valence-electron chi connectivity index (χ4n) is 0.486. The lowest BCUT2D eigenvalue weighted by Gasteiger charge is -2.09. The molecule has 0 aromatic carbocycles. The van der Waals surface area contributed by atoms with E-state index < -0.39 is 0 Å². The number of hydrogen-bond donors (Lipinski definition) is 1. The maximum Gasteiger partial charge on any atom is 0.0488 e. The summed E-state index contributed by atoms with van der Waals surface area (Å²) in [6.07, 6.45) is 10.4. The van der Waals surface area contributed by atoms with E-state index in [0.29, 0.717) is 0 Å². The summed E-state index contributed by atoms with van der Waals surface area (Å²) in [5, 5.41) is 3.72. The number of nitrogens with one attached hydrogen (secondary N) is 1. The van der Waals surface area contributed by atoms with Gasteiger partial charge in [-0.05, 0) is 18.6 Å². The summed E-state index contributed by atoms with van der Waals surface area (Å²) in [4.78, 5) is 0. The zero-order valence-electron chi connectivity index (χ0n) is 6.36. The summed E-state index contributed by atoms with van der Waals surface area (Å²) in [5.74, 6) is 0. The average Bonchev–Trinajstić information content (AvgIpc) is 2.10. The highest BCUT2D eigenvalue weighted by Gasteiger charge is 1.94. The van der Waals surface area contributed by atoms with Crippen LogP contribution in [0, 0.1) is 0 Å². The van der Waals surface area contributed by atoms with E-state index in [4.69, 9.17) is 4.74 Å². The van der Waals surface area contributed by atoms with Crippen molar-refractivity contribution < 1.29 is 4.74 Å². The van der Waals surface area contributed by atoms with Crippen molar-refractivity contribution >= 4 is 6.21 Å². The monoisotopic (exact) mass is 152 g/mol. The molecule has 1 N–H and O–H groups in total. The van der Waals surface area contributed by atoms with Crippen LogP contribution < -0.4 is 5.43 Å². The molecule has 0 atom stereocenters. The number of allylic oxidation sites excluding steroid dienone is 3. The van der Waals surface area contributed by atoms with Crippen molar-refractivity contribution in [1.82, 2.24) is 5.43 Å².